The van der Waals surface area contributed by atoms with Crippen LogP contribution in [-0.4, -0.2) is 34.8 Å². The lowest BCUT2D eigenvalue weighted by atomic mass is 10.1. The lowest BCUT2D eigenvalue weighted by Gasteiger charge is -2.13. The Labute approximate surface area is 178 Å². The molecule has 0 amide bonds. The Morgan fingerprint density at radius 2 is 1.77 bits per heavy atom. The van der Waals surface area contributed by atoms with E-state index in [0.717, 1.165) is 16.3 Å². The van der Waals surface area contributed by atoms with Crippen molar-refractivity contribution in [2.24, 2.45) is 5.10 Å². The highest BCUT2D eigenvalue weighted by Gasteiger charge is 2.28. The fraction of sp³-hybridized carbons (Fsp3) is 0.167. The van der Waals surface area contributed by atoms with E-state index in [0.29, 0.717) is 47.7 Å². The monoisotopic (exact) mass is 412 g/mol. The number of nitrogens with zero attached hydrogens (tertiary/aromatic N) is 3. The lowest BCUT2D eigenvalue weighted by Crippen LogP contribution is -2.25. The first-order valence-corrected chi connectivity index (χ1v) is 10.1. The van der Waals surface area contributed by atoms with Crippen LogP contribution in [0.5, 0.6) is 0 Å². The summed E-state index contributed by atoms with van der Waals surface area (Å²) >= 11 is 0. The first-order chi connectivity index (χ1) is 15.2. The van der Waals surface area contributed by atoms with Gasteiger partial charge in [0.25, 0.3) is 5.56 Å². The Balaban J connectivity index is 1.59. The van der Waals surface area contributed by atoms with Gasteiger partial charge < -0.3 is 4.74 Å². The third-order valence-corrected chi connectivity index (χ3v) is 5.48. The number of hydrogen-bond acceptors (Lipinski definition) is 6. The largest absolute Gasteiger partial charge is 0.385 e. The molecule has 1 aliphatic carbocycles. The van der Waals surface area contributed by atoms with Gasteiger partial charge in [-0.05, 0) is 23.9 Å². The van der Waals surface area contributed by atoms with Crippen molar-refractivity contribution in [3.05, 3.63) is 82.1 Å². The van der Waals surface area contributed by atoms with E-state index < -0.39 is 0 Å². The van der Waals surface area contributed by atoms with Crippen molar-refractivity contribution >= 4 is 39.1 Å². The quantitative estimate of drug-likeness (QED) is 0.386. The molecule has 154 valence electrons. The van der Waals surface area contributed by atoms with E-state index in [2.05, 4.69) is 15.5 Å². The van der Waals surface area contributed by atoms with Gasteiger partial charge in [0.05, 0.1) is 10.9 Å². The van der Waals surface area contributed by atoms with Crippen LogP contribution in [0.4, 0.5) is 5.95 Å². The van der Waals surface area contributed by atoms with Crippen LogP contribution in [0.2, 0.25) is 0 Å². The zero-order valence-electron chi connectivity index (χ0n) is 17.0. The van der Waals surface area contributed by atoms with E-state index in [1.165, 1.54) is 0 Å². The van der Waals surface area contributed by atoms with Crippen molar-refractivity contribution in [1.82, 2.24) is 9.55 Å². The Kier molecular flexibility index (Phi) is 4.80. The Morgan fingerprint density at radius 1 is 1.00 bits per heavy atom. The molecule has 1 aromatic heterocycles. The zero-order chi connectivity index (χ0) is 21.4. The van der Waals surface area contributed by atoms with E-state index in [1.807, 2.05) is 48.5 Å². The molecule has 0 saturated carbocycles. The Morgan fingerprint density at radius 3 is 2.58 bits per heavy atom. The van der Waals surface area contributed by atoms with Crippen molar-refractivity contribution in [1.29, 1.82) is 0 Å². The van der Waals surface area contributed by atoms with Crippen molar-refractivity contribution in [2.45, 2.75) is 13.0 Å². The molecular weight excluding hydrogens is 392 g/mol. The van der Waals surface area contributed by atoms with Crippen LogP contribution in [0.1, 0.15) is 22.3 Å². The fourth-order valence-electron chi connectivity index (χ4n) is 4.02. The number of nitrogens with one attached hydrogen (secondary N) is 1. The summed E-state index contributed by atoms with van der Waals surface area (Å²) in [6.45, 7) is 0.935. The molecule has 0 saturated heterocycles. The lowest BCUT2D eigenvalue weighted by molar-refractivity contribution is 0.107. The second kappa shape index (κ2) is 7.77. The average molecular weight is 412 g/mol. The molecule has 0 spiro atoms. The fourth-order valence-corrected chi connectivity index (χ4v) is 4.02. The third-order valence-electron chi connectivity index (χ3n) is 5.48. The standard InChI is InChI=1S/C24H20N4O3/c1-31-14-6-13-28-23(30)16-9-2-3-12-19(16)25-24(28)27-26-21-17-10-4-7-15-8-5-11-18(20(15)17)22(21)29/h2-5,7-12H,6,13-14H2,1H3,(H,25,27)/b26-21-. The summed E-state index contributed by atoms with van der Waals surface area (Å²) < 4.78 is 6.67. The number of carbonyl (C=O) groups excluding carboxylic acids is 1. The van der Waals surface area contributed by atoms with Gasteiger partial charge in [0, 0.05) is 36.8 Å². The molecule has 4 aromatic rings. The highest BCUT2D eigenvalue weighted by Crippen LogP contribution is 2.31. The number of benzene rings is 3. The van der Waals surface area contributed by atoms with Crippen molar-refractivity contribution in [3.63, 3.8) is 0 Å². The molecule has 1 aliphatic rings. The molecule has 1 N–H and O–H groups in total. The van der Waals surface area contributed by atoms with Crippen molar-refractivity contribution < 1.29 is 9.53 Å². The van der Waals surface area contributed by atoms with Gasteiger partial charge in [-0.1, -0.05) is 48.5 Å². The minimum atomic E-state index is -0.160. The maximum absolute atomic E-state index is 13.1. The number of hydrogen-bond donors (Lipinski definition) is 1. The van der Waals surface area contributed by atoms with Gasteiger partial charge in [0.1, 0.15) is 5.71 Å². The maximum Gasteiger partial charge on any atom is 0.262 e. The molecule has 0 atom stereocenters. The van der Waals surface area contributed by atoms with Gasteiger partial charge in [0.15, 0.2) is 0 Å². The number of anilines is 1. The summed E-state index contributed by atoms with van der Waals surface area (Å²) in [5.41, 5.74) is 5.04. The predicted molar refractivity (Wildman–Crippen MR) is 121 cm³/mol. The second-order valence-corrected chi connectivity index (χ2v) is 7.37. The van der Waals surface area contributed by atoms with E-state index in [1.54, 1.807) is 23.8 Å². The summed E-state index contributed by atoms with van der Waals surface area (Å²) in [6, 6.07) is 18.6. The summed E-state index contributed by atoms with van der Waals surface area (Å²) in [7, 11) is 1.62. The van der Waals surface area contributed by atoms with Crippen molar-refractivity contribution in [3.8, 4) is 0 Å². The normalized spacial score (nSPS) is 14.1. The number of methoxy groups -OCH3 is 1. The molecule has 7 nitrogen and oxygen atoms in total. The third kappa shape index (κ3) is 3.19. The van der Waals surface area contributed by atoms with Gasteiger partial charge in [-0.2, -0.15) is 5.10 Å². The second-order valence-electron chi connectivity index (χ2n) is 7.37. The number of ether oxygens (including phenoxy) is 1. The number of carbonyl (C=O) groups is 1. The van der Waals surface area contributed by atoms with Crippen LogP contribution in [-0.2, 0) is 11.3 Å². The first-order valence-electron chi connectivity index (χ1n) is 10.1. The topological polar surface area (TPSA) is 85.6 Å². The summed E-state index contributed by atoms with van der Waals surface area (Å²) in [6.07, 6.45) is 0.644. The van der Waals surface area contributed by atoms with E-state index in [-0.39, 0.29) is 11.3 Å². The minimum Gasteiger partial charge on any atom is -0.385 e. The SMILES string of the molecule is COCCCn1c(N/N=C2\C(=O)c3cccc4cccc2c34)nc2ccccc2c1=O. The Bertz CT molecular complexity index is 1420. The highest BCUT2D eigenvalue weighted by atomic mass is 16.5. The molecule has 7 heteroatoms. The van der Waals surface area contributed by atoms with Crippen LogP contribution >= 0.6 is 0 Å². The molecule has 0 unspecified atom stereocenters. The van der Waals surface area contributed by atoms with Gasteiger partial charge >= 0.3 is 0 Å². The van der Waals surface area contributed by atoms with Crippen molar-refractivity contribution in [2.75, 3.05) is 19.1 Å². The minimum absolute atomic E-state index is 0.145. The molecule has 0 radical (unpaired) electrons. The number of fused-ring (bicyclic) bond motifs is 1. The van der Waals surface area contributed by atoms with Gasteiger partial charge in [-0.3, -0.25) is 14.2 Å². The maximum atomic E-state index is 13.1. The molecule has 0 bridgehead atoms. The molecule has 1 heterocycles. The van der Waals surface area contributed by atoms with E-state index in [9.17, 15) is 9.59 Å². The van der Waals surface area contributed by atoms with Gasteiger partial charge in [0.2, 0.25) is 11.7 Å². The predicted octanol–water partition coefficient (Wildman–Crippen LogP) is 3.60. The van der Waals surface area contributed by atoms with Crippen LogP contribution in [0.15, 0.2) is 70.6 Å². The van der Waals surface area contributed by atoms with E-state index >= 15 is 0 Å². The molecule has 0 fully saturated rings. The van der Waals surface area contributed by atoms with Crippen LogP contribution < -0.4 is 11.0 Å². The number of ketones is 1. The molecule has 3 aromatic carbocycles. The number of para-hydroxylation sites is 1. The molecule has 0 aliphatic heterocycles. The van der Waals surface area contributed by atoms with Gasteiger partial charge in [-0.15, -0.1) is 0 Å². The first kappa shape index (κ1) is 19.1. The number of aromatic nitrogens is 2. The summed E-state index contributed by atoms with van der Waals surface area (Å²) in [5.74, 6) is 0.150. The van der Waals surface area contributed by atoms with Gasteiger partial charge in [-0.25, -0.2) is 10.4 Å². The van der Waals surface area contributed by atoms with Crippen LogP contribution in [0.25, 0.3) is 21.7 Å². The molecule has 31 heavy (non-hydrogen) atoms. The number of rotatable bonds is 6. The summed E-state index contributed by atoms with van der Waals surface area (Å²) in [5, 5.41) is 6.85. The smallest absolute Gasteiger partial charge is 0.262 e. The molecule has 5 rings (SSSR count). The average Bonchev–Trinajstić information content (AvgIpc) is 3.07. The van der Waals surface area contributed by atoms with E-state index in [4.69, 9.17) is 4.74 Å². The number of hydrazone groups is 1. The number of Topliss-reactive ketones (excluding diaryl/α,β-unsaturated/α-hetero) is 1. The van der Waals surface area contributed by atoms with Crippen LogP contribution in [0.3, 0.4) is 0 Å². The van der Waals surface area contributed by atoms with Crippen LogP contribution in [0, 0.1) is 0 Å². The molecular formula is C24H20N4O3. The highest BCUT2D eigenvalue weighted by molar-refractivity contribution is 6.59. The summed E-state index contributed by atoms with van der Waals surface area (Å²) in [4.78, 5) is 30.7. The zero-order valence-corrected chi connectivity index (χ0v) is 17.0. The Hall–Kier alpha value is -3.84.